The molecule has 1 atom stereocenters. The number of benzene rings is 2. The summed E-state index contributed by atoms with van der Waals surface area (Å²) in [6, 6.07) is 17.0. The smallest absolute Gasteiger partial charge is 0.267 e. The van der Waals surface area contributed by atoms with Gasteiger partial charge in [0.25, 0.3) is 11.8 Å². The van der Waals surface area contributed by atoms with Gasteiger partial charge in [0.2, 0.25) is 0 Å². The van der Waals surface area contributed by atoms with Crippen molar-refractivity contribution >= 4 is 17.9 Å². The van der Waals surface area contributed by atoms with E-state index in [0.717, 1.165) is 30.6 Å². The molecule has 29 heavy (non-hydrogen) atoms. The molecule has 150 valence electrons. The minimum atomic E-state index is -0.335. The number of allylic oxidation sites excluding steroid dienone is 2. The van der Waals surface area contributed by atoms with Crippen LogP contribution in [0.15, 0.2) is 72.4 Å². The van der Waals surface area contributed by atoms with E-state index in [4.69, 9.17) is 4.74 Å². The molecule has 0 radical (unpaired) electrons. The van der Waals surface area contributed by atoms with Gasteiger partial charge in [-0.25, -0.2) is 0 Å². The van der Waals surface area contributed by atoms with Crippen LogP contribution in [0.25, 0.3) is 6.08 Å². The molecule has 0 aliphatic carbocycles. The largest absolute Gasteiger partial charge is 0.376 e. The molecule has 1 saturated heterocycles. The van der Waals surface area contributed by atoms with Crippen LogP contribution in [0.5, 0.6) is 0 Å². The molecule has 2 aromatic rings. The molecule has 1 aliphatic rings. The molecule has 0 bridgehead atoms. The zero-order valence-electron chi connectivity index (χ0n) is 16.6. The molecular weight excluding hydrogens is 364 g/mol. The van der Waals surface area contributed by atoms with E-state index < -0.39 is 0 Å². The molecule has 0 unspecified atom stereocenters. The molecule has 1 heterocycles. The summed E-state index contributed by atoms with van der Waals surface area (Å²) in [5.74, 6) is -0.657. The normalized spacial score (nSPS) is 16.7. The lowest BCUT2D eigenvalue weighted by atomic mass is 10.1. The summed E-state index contributed by atoms with van der Waals surface area (Å²) < 4.78 is 5.55. The fraction of sp³-hybridized carbons (Fsp3) is 0.250. The Morgan fingerprint density at radius 1 is 1.10 bits per heavy atom. The van der Waals surface area contributed by atoms with Crippen molar-refractivity contribution in [2.45, 2.75) is 25.9 Å². The highest BCUT2D eigenvalue weighted by Gasteiger charge is 2.18. The SMILES string of the molecule is Cc1ccc(C(=O)N/C(=C/C=C\c2ccccc2)C(=O)NC[C@H]2CCCO2)cc1. The monoisotopic (exact) mass is 390 g/mol. The van der Waals surface area contributed by atoms with E-state index in [1.165, 1.54) is 0 Å². The van der Waals surface area contributed by atoms with Gasteiger partial charge in [0.05, 0.1) is 6.10 Å². The molecule has 2 N–H and O–H groups in total. The van der Waals surface area contributed by atoms with Crippen molar-refractivity contribution in [1.29, 1.82) is 0 Å². The lowest BCUT2D eigenvalue weighted by molar-refractivity contribution is -0.118. The third-order valence-electron chi connectivity index (χ3n) is 4.67. The average Bonchev–Trinajstić information content (AvgIpc) is 3.26. The Labute approximate surface area is 171 Å². The second kappa shape index (κ2) is 10.4. The summed E-state index contributed by atoms with van der Waals surface area (Å²) in [4.78, 5) is 25.3. The van der Waals surface area contributed by atoms with E-state index in [2.05, 4.69) is 10.6 Å². The van der Waals surface area contributed by atoms with Crippen molar-refractivity contribution in [3.05, 3.63) is 89.1 Å². The highest BCUT2D eigenvalue weighted by molar-refractivity contribution is 6.03. The minimum Gasteiger partial charge on any atom is -0.376 e. The summed E-state index contributed by atoms with van der Waals surface area (Å²) in [6.45, 7) is 3.12. The number of carbonyl (C=O) groups is 2. The molecular formula is C24H26N2O3. The Morgan fingerprint density at radius 2 is 1.86 bits per heavy atom. The fourth-order valence-electron chi connectivity index (χ4n) is 3.00. The summed E-state index contributed by atoms with van der Waals surface area (Å²) in [6.07, 6.45) is 7.23. The Kier molecular flexibility index (Phi) is 7.36. The van der Waals surface area contributed by atoms with Crippen molar-refractivity contribution in [3.8, 4) is 0 Å². The molecule has 0 spiro atoms. The molecule has 1 fully saturated rings. The Hall–Kier alpha value is -3.18. The maximum Gasteiger partial charge on any atom is 0.267 e. The van der Waals surface area contributed by atoms with Gasteiger partial charge < -0.3 is 15.4 Å². The number of ether oxygens (including phenoxy) is 1. The number of hydrogen-bond acceptors (Lipinski definition) is 3. The van der Waals surface area contributed by atoms with Crippen molar-refractivity contribution in [1.82, 2.24) is 10.6 Å². The summed E-state index contributed by atoms with van der Waals surface area (Å²) >= 11 is 0. The highest BCUT2D eigenvalue weighted by atomic mass is 16.5. The van der Waals surface area contributed by atoms with Gasteiger partial charge in [-0.1, -0.05) is 60.2 Å². The summed E-state index contributed by atoms with van der Waals surface area (Å²) in [7, 11) is 0. The maximum atomic E-state index is 12.7. The van der Waals surface area contributed by atoms with E-state index in [0.29, 0.717) is 12.1 Å². The molecule has 0 saturated carbocycles. The van der Waals surface area contributed by atoms with E-state index in [1.807, 2.05) is 55.5 Å². The lowest BCUT2D eigenvalue weighted by Gasteiger charge is -2.13. The first-order valence-electron chi connectivity index (χ1n) is 9.83. The number of aryl methyl sites for hydroxylation is 1. The number of rotatable bonds is 7. The topological polar surface area (TPSA) is 67.4 Å². The minimum absolute atomic E-state index is 0.0351. The van der Waals surface area contributed by atoms with E-state index in [1.54, 1.807) is 24.3 Å². The van der Waals surface area contributed by atoms with E-state index in [-0.39, 0.29) is 23.6 Å². The van der Waals surface area contributed by atoms with Gasteiger partial charge in [-0.2, -0.15) is 0 Å². The molecule has 5 heteroatoms. The van der Waals surface area contributed by atoms with Crippen LogP contribution < -0.4 is 10.6 Å². The second-order valence-electron chi connectivity index (χ2n) is 7.02. The first-order valence-corrected chi connectivity index (χ1v) is 9.83. The highest BCUT2D eigenvalue weighted by Crippen LogP contribution is 2.11. The lowest BCUT2D eigenvalue weighted by Crippen LogP contribution is -2.38. The van der Waals surface area contributed by atoms with Crippen LogP contribution in [-0.2, 0) is 9.53 Å². The van der Waals surface area contributed by atoms with Gasteiger partial charge in [-0.3, -0.25) is 9.59 Å². The van der Waals surface area contributed by atoms with Crippen molar-refractivity contribution < 1.29 is 14.3 Å². The second-order valence-corrected chi connectivity index (χ2v) is 7.02. The van der Waals surface area contributed by atoms with Crippen LogP contribution in [0, 0.1) is 6.92 Å². The molecule has 2 aromatic carbocycles. The quantitative estimate of drug-likeness (QED) is 0.561. The number of nitrogens with one attached hydrogen (secondary N) is 2. The van der Waals surface area contributed by atoms with Crippen molar-refractivity contribution in [3.63, 3.8) is 0 Å². The van der Waals surface area contributed by atoms with Gasteiger partial charge in [-0.05, 0) is 43.5 Å². The third-order valence-corrected chi connectivity index (χ3v) is 4.67. The zero-order valence-corrected chi connectivity index (χ0v) is 16.6. The Bertz CT molecular complexity index is 880. The van der Waals surface area contributed by atoms with Crippen LogP contribution in [-0.4, -0.2) is 31.1 Å². The summed E-state index contributed by atoms with van der Waals surface area (Å²) in [5, 5.41) is 5.59. The standard InChI is InChI=1S/C24H26N2O3/c1-18-12-14-20(15-13-18)23(27)26-22(11-5-9-19-7-3-2-4-8-19)24(28)25-17-21-10-6-16-29-21/h2-5,7-9,11-15,21H,6,10,16-17H2,1H3,(H,25,28)(H,26,27)/b9-5-,22-11+/t21-/m1/s1. The van der Waals surface area contributed by atoms with Gasteiger partial charge in [0.15, 0.2) is 0 Å². The number of amides is 2. The van der Waals surface area contributed by atoms with Gasteiger partial charge in [0.1, 0.15) is 5.70 Å². The van der Waals surface area contributed by atoms with Crippen molar-refractivity contribution in [2.24, 2.45) is 0 Å². The molecule has 3 rings (SSSR count). The Morgan fingerprint density at radius 3 is 2.55 bits per heavy atom. The van der Waals surface area contributed by atoms with Crippen molar-refractivity contribution in [2.75, 3.05) is 13.2 Å². The average molecular weight is 390 g/mol. The predicted molar refractivity (Wildman–Crippen MR) is 114 cm³/mol. The first-order chi connectivity index (χ1) is 14.1. The van der Waals surface area contributed by atoms with Crippen LogP contribution in [0.2, 0.25) is 0 Å². The van der Waals surface area contributed by atoms with Crippen LogP contribution in [0.4, 0.5) is 0 Å². The van der Waals surface area contributed by atoms with Crippen LogP contribution >= 0.6 is 0 Å². The predicted octanol–water partition coefficient (Wildman–Crippen LogP) is 3.62. The van der Waals surface area contributed by atoms with Crippen LogP contribution in [0.3, 0.4) is 0 Å². The fourth-order valence-corrected chi connectivity index (χ4v) is 3.00. The number of hydrogen-bond donors (Lipinski definition) is 2. The first kappa shape index (κ1) is 20.6. The molecule has 2 amide bonds. The van der Waals surface area contributed by atoms with Gasteiger partial charge in [0, 0.05) is 18.7 Å². The number of carbonyl (C=O) groups excluding carboxylic acids is 2. The molecule has 0 aromatic heterocycles. The van der Waals surface area contributed by atoms with E-state index in [9.17, 15) is 9.59 Å². The Balaban J connectivity index is 1.71. The summed E-state index contributed by atoms with van der Waals surface area (Å²) in [5.41, 5.74) is 2.77. The third kappa shape index (κ3) is 6.43. The van der Waals surface area contributed by atoms with E-state index >= 15 is 0 Å². The van der Waals surface area contributed by atoms with Gasteiger partial charge >= 0.3 is 0 Å². The van der Waals surface area contributed by atoms with Crippen LogP contribution in [0.1, 0.15) is 34.3 Å². The molecule has 1 aliphatic heterocycles. The maximum absolute atomic E-state index is 12.7. The zero-order chi connectivity index (χ0) is 20.5. The molecule has 5 nitrogen and oxygen atoms in total. The van der Waals surface area contributed by atoms with Gasteiger partial charge in [-0.15, -0.1) is 0 Å².